The monoisotopic (exact) mass is 419 g/mol. The lowest BCUT2D eigenvalue weighted by Gasteiger charge is -2.18. The summed E-state index contributed by atoms with van der Waals surface area (Å²) < 4.78 is 34.7. The van der Waals surface area contributed by atoms with Gasteiger partial charge in [0.25, 0.3) is 0 Å². The number of ether oxygens (including phenoxy) is 1. The van der Waals surface area contributed by atoms with Gasteiger partial charge in [-0.25, -0.2) is 8.78 Å². The highest BCUT2D eigenvalue weighted by atomic mass is 79.9. The van der Waals surface area contributed by atoms with Crippen LogP contribution in [0.1, 0.15) is 24.1 Å². The zero-order valence-electron chi connectivity index (χ0n) is 11.2. The molecule has 2 rings (SSSR count). The van der Waals surface area contributed by atoms with E-state index in [0.717, 1.165) is 4.47 Å². The van der Waals surface area contributed by atoms with Crippen molar-refractivity contribution in [2.75, 3.05) is 6.61 Å². The standard InChI is InChI=1S/C15H13Br2F2NO/c1-2-21-13-4-3-8(16)5-10(13)15(20)14-11(18)6-9(17)7-12(14)19/h3-7,15H,2,20H2,1H3. The molecule has 0 aliphatic carbocycles. The van der Waals surface area contributed by atoms with Gasteiger partial charge < -0.3 is 10.5 Å². The highest BCUT2D eigenvalue weighted by Crippen LogP contribution is 2.34. The first-order chi connectivity index (χ1) is 9.93. The van der Waals surface area contributed by atoms with Gasteiger partial charge in [0, 0.05) is 20.1 Å². The van der Waals surface area contributed by atoms with Crippen LogP contribution in [0.3, 0.4) is 0 Å². The second-order valence-corrected chi connectivity index (χ2v) is 6.21. The summed E-state index contributed by atoms with van der Waals surface area (Å²) in [5.41, 5.74) is 6.41. The smallest absolute Gasteiger partial charge is 0.132 e. The number of nitrogens with two attached hydrogens (primary N) is 1. The molecule has 1 unspecified atom stereocenters. The predicted octanol–water partition coefficient (Wildman–Crippen LogP) is 4.94. The molecule has 0 aliphatic rings. The summed E-state index contributed by atoms with van der Waals surface area (Å²) in [7, 11) is 0. The van der Waals surface area contributed by atoms with Gasteiger partial charge in [0.1, 0.15) is 17.4 Å². The summed E-state index contributed by atoms with van der Waals surface area (Å²) in [6.45, 7) is 2.27. The molecule has 2 nitrogen and oxygen atoms in total. The first kappa shape index (κ1) is 16.4. The zero-order valence-corrected chi connectivity index (χ0v) is 14.3. The maximum absolute atomic E-state index is 14.1. The maximum atomic E-state index is 14.1. The number of halogens is 4. The molecule has 6 heteroatoms. The highest BCUT2D eigenvalue weighted by Gasteiger charge is 2.22. The van der Waals surface area contributed by atoms with Gasteiger partial charge in [0.05, 0.1) is 12.6 Å². The van der Waals surface area contributed by atoms with E-state index < -0.39 is 17.7 Å². The molecule has 0 saturated heterocycles. The third-order valence-corrected chi connectivity index (χ3v) is 3.91. The molecule has 0 amide bonds. The second-order valence-electron chi connectivity index (χ2n) is 4.38. The van der Waals surface area contributed by atoms with Crippen molar-refractivity contribution in [3.05, 3.63) is 62.0 Å². The lowest BCUT2D eigenvalue weighted by atomic mass is 9.97. The van der Waals surface area contributed by atoms with Crippen LogP contribution in [0, 0.1) is 11.6 Å². The van der Waals surface area contributed by atoms with Crippen molar-refractivity contribution in [1.29, 1.82) is 0 Å². The summed E-state index contributed by atoms with van der Waals surface area (Å²) >= 11 is 6.38. The van der Waals surface area contributed by atoms with Crippen LogP contribution in [-0.4, -0.2) is 6.61 Å². The van der Waals surface area contributed by atoms with Crippen LogP contribution in [0.25, 0.3) is 0 Å². The van der Waals surface area contributed by atoms with Gasteiger partial charge in [0.15, 0.2) is 0 Å². The Balaban J connectivity index is 2.54. The van der Waals surface area contributed by atoms with Crippen LogP contribution in [0.2, 0.25) is 0 Å². The average Bonchev–Trinajstić information content (AvgIpc) is 2.39. The first-order valence-electron chi connectivity index (χ1n) is 6.26. The molecule has 2 N–H and O–H groups in total. The average molecular weight is 421 g/mol. The van der Waals surface area contributed by atoms with Crippen molar-refractivity contribution in [2.45, 2.75) is 13.0 Å². The minimum absolute atomic E-state index is 0.183. The molecule has 0 heterocycles. The van der Waals surface area contributed by atoms with E-state index in [2.05, 4.69) is 31.9 Å². The lowest BCUT2D eigenvalue weighted by Crippen LogP contribution is -2.17. The molecule has 0 spiro atoms. The maximum Gasteiger partial charge on any atom is 0.132 e. The molecule has 21 heavy (non-hydrogen) atoms. The highest BCUT2D eigenvalue weighted by molar-refractivity contribution is 9.10. The molecule has 0 radical (unpaired) electrons. The number of benzene rings is 2. The Morgan fingerprint density at radius 2 is 1.71 bits per heavy atom. The molecule has 0 fully saturated rings. The van der Waals surface area contributed by atoms with E-state index >= 15 is 0 Å². The summed E-state index contributed by atoms with van der Waals surface area (Å²) in [5, 5.41) is 0. The fraction of sp³-hybridized carbons (Fsp3) is 0.200. The molecule has 0 aliphatic heterocycles. The van der Waals surface area contributed by atoms with Gasteiger partial charge in [-0.1, -0.05) is 31.9 Å². The molecule has 2 aromatic carbocycles. The van der Waals surface area contributed by atoms with Gasteiger partial charge >= 0.3 is 0 Å². The van der Waals surface area contributed by atoms with Crippen molar-refractivity contribution >= 4 is 31.9 Å². The quantitative estimate of drug-likeness (QED) is 0.760. The third-order valence-electron chi connectivity index (χ3n) is 2.96. The Hall–Kier alpha value is -0.980. The van der Waals surface area contributed by atoms with Crippen molar-refractivity contribution in [1.82, 2.24) is 0 Å². The van der Waals surface area contributed by atoms with Gasteiger partial charge in [-0.3, -0.25) is 0 Å². The summed E-state index contributed by atoms with van der Waals surface area (Å²) in [6, 6.07) is 6.63. The fourth-order valence-electron chi connectivity index (χ4n) is 2.06. The summed E-state index contributed by atoms with van der Waals surface area (Å²) in [6.07, 6.45) is 0. The van der Waals surface area contributed by atoms with E-state index in [-0.39, 0.29) is 5.56 Å². The van der Waals surface area contributed by atoms with Crippen LogP contribution in [0.4, 0.5) is 8.78 Å². The Labute approximate surface area is 138 Å². The zero-order chi connectivity index (χ0) is 15.6. The van der Waals surface area contributed by atoms with E-state index in [0.29, 0.717) is 22.4 Å². The molecule has 2 aromatic rings. The van der Waals surface area contributed by atoms with Crippen LogP contribution in [0.15, 0.2) is 39.3 Å². The van der Waals surface area contributed by atoms with Gasteiger partial charge in [-0.15, -0.1) is 0 Å². The Bertz CT molecular complexity index is 641. The Kier molecular flexibility index (Phi) is 5.35. The Morgan fingerprint density at radius 3 is 2.29 bits per heavy atom. The number of rotatable bonds is 4. The number of hydrogen-bond acceptors (Lipinski definition) is 2. The normalized spacial score (nSPS) is 12.3. The van der Waals surface area contributed by atoms with Crippen LogP contribution >= 0.6 is 31.9 Å². The van der Waals surface area contributed by atoms with Crippen molar-refractivity contribution < 1.29 is 13.5 Å². The summed E-state index contributed by atoms with van der Waals surface area (Å²) in [5.74, 6) is -0.886. The molecule has 0 saturated carbocycles. The predicted molar refractivity (Wildman–Crippen MR) is 85.4 cm³/mol. The Morgan fingerprint density at radius 1 is 1.10 bits per heavy atom. The molecular formula is C15H13Br2F2NO. The van der Waals surface area contributed by atoms with E-state index in [1.54, 1.807) is 18.2 Å². The van der Waals surface area contributed by atoms with E-state index in [9.17, 15) is 8.78 Å². The molecule has 0 bridgehead atoms. The topological polar surface area (TPSA) is 35.2 Å². The molecule has 1 atom stereocenters. The fourth-order valence-corrected chi connectivity index (χ4v) is 2.84. The summed E-state index contributed by atoms with van der Waals surface area (Å²) in [4.78, 5) is 0. The van der Waals surface area contributed by atoms with Gasteiger partial charge in [0.2, 0.25) is 0 Å². The van der Waals surface area contributed by atoms with Crippen molar-refractivity contribution in [2.24, 2.45) is 5.73 Å². The van der Waals surface area contributed by atoms with Crippen LogP contribution in [0.5, 0.6) is 5.75 Å². The number of hydrogen-bond donors (Lipinski definition) is 1. The molecule has 112 valence electrons. The van der Waals surface area contributed by atoms with E-state index in [1.807, 2.05) is 6.92 Å². The SMILES string of the molecule is CCOc1ccc(Br)cc1C(N)c1c(F)cc(Br)cc1F. The minimum Gasteiger partial charge on any atom is -0.494 e. The van der Waals surface area contributed by atoms with Crippen molar-refractivity contribution in [3.63, 3.8) is 0 Å². The first-order valence-corrected chi connectivity index (χ1v) is 7.85. The van der Waals surface area contributed by atoms with Gasteiger partial charge in [-0.05, 0) is 37.3 Å². The molecule has 0 aromatic heterocycles. The third kappa shape index (κ3) is 3.62. The van der Waals surface area contributed by atoms with Crippen molar-refractivity contribution in [3.8, 4) is 5.75 Å². The minimum atomic E-state index is -0.961. The van der Waals surface area contributed by atoms with E-state index in [4.69, 9.17) is 10.5 Å². The lowest BCUT2D eigenvalue weighted by molar-refractivity contribution is 0.335. The van der Waals surface area contributed by atoms with Gasteiger partial charge in [-0.2, -0.15) is 0 Å². The second kappa shape index (κ2) is 6.85. The van der Waals surface area contributed by atoms with E-state index in [1.165, 1.54) is 12.1 Å². The largest absolute Gasteiger partial charge is 0.494 e. The van der Waals surface area contributed by atoms with Crippen LogP contribution in [-0.2, 0) is 0 Å². The molecular weight excluding hydrogens is 408 g/mol. The van der Waals surface area contributed by atoms with Crippen LogP contribution < -0.4 is 10.5 Å².